The summed E-state index contributed by atoms with van der Waals surface area (Å²) in [5, 5.41) is 0. The lowest BCUT2D eigenvalue weighted by atomic mass is 9.84. The number of alkyl halides is 1. The predicted octanol–water partition coefficient (Wildman–Crippen LogP) is 5.95. The van der Waals surface area contributed by atoms with E-state index in [0.717, 1.165) is 5.75 Å². The van der Waals surface area contributed by atoms with E-state index in [1.54, 1.807) is 0 Å². The lowest BCUT2D eigenvalue weighted by Crippen LogP contribution is -2.26. The van der Waals surface area contributed by atoms with Crippen LogP contribution in [0.4, 0.5) is 0 Å². The Morgan fingerprint density at radius 1 is 0.609 bits per heavy atom. The van der Waals surface area contributed by atoms with Crippen LogP contribution in [0.2, 0.25) is 0 Å². The van der Waals surface area contributed by atoms with Crippen LogP contribution >= 0.6 is 23.4 Å². The summed E-state index contributed by atoms with van der Waals surface area (Å²) < 4.78 is -0.237. The zero-order chi connectivity index (χ0) is 16.0. The van der Waals surface area contributed by atoms with Crippen molar-refractivity contribution in [3.05, 3.63) is 108 Å². The number of hydrogen-bond acceptors (Lipinski definition) is 1. The molecule has 23 heavy (non-hydrogen) atoms. The summed E-state index contributed by atoms with van der Waals surface area (Å²) in [5.41, 5.74) is 3.85. The molecule has 3 aromatic rings. The van der Waals surface area contributed by atoms with E-state index in [0.29, 0.717) is 5.88 Å². The van der Waals surface area contributed by atoms with Crippen molar-refractivity contribution in [2.45, 2.75) is 4.75 Å². The zero-order valence-corrected chi connectivity index (χ0v) is 14.4. The molecule has 0 unspecified atom stereocenters. The van der Waals surface area contributed by atoms with Gasteiger partial charge < -0.3 is 0 Å². The molecule has 0 radical (unpaired) electrons. The lowest BCUT2D eigenvalue weighted by Gasteiger charge is -2.35. The van der Waals surface area contributed by atoms with E-state index in [-0.39, 0.29) is 4.75 Å². The summed E-state index contributed by atoms with van der Waals surface area (Å²) in [5.74, 6) is 1.53. The monoisotopic (exact) mass is 338 g/mol. The summed E-state index contributed by atoms with van der Waals surface area (Å²) in [6.07, 6.45) is 0. The van der Waals surface area contributed by atoms with E-state index in [2.05, 4.69) is 91.0 Å². The first-order chi connectivity index (χ1) is 11.4. The molecule has 0 heterocycles. The van der Waals surface area contributed by atoms with Crippen molar-refractivity contribution in [3.8, 4) is 0 Å². The van der Waals surface area contributed by atoms with Crippen LogP contribution in [0.15, 0.2) is 91.0 Å². The van der Waals surface area contributed by atoms with Crippen molar-refractivity contribution in [2.75, 3.05) is 11.6 Å². The molecule has 0 atom stereocenters. The van der Waals surface area contributed by atoms with E-state index in [1.807, 2.05) is 11.8 Å². The molecule has 0 amide bonds. The molecule has 2 heteroatoms. The van der Waals surface area contributed by atoms with Crippen LogP contribution in [0.25, 0.3) is 0 Å². The Balaban J connectivity index is 2.25. The number of hydrogen-bond donors (Lipinski definition) is 0. The third kappa shape index (κ3) is 3.31. The third-order valence-electron chi connectivity index (χ3n) is 3.94. The van der Waals surface area contributed by atoms with Crippen LogP contribution in [-0.4, -0.2) is 11.6 Å². The molecule has 0 N–H and O–H groups in total. The van der Waals surface area contributed by atoms with Crippen molar-refractivity contribution in [2.24, 2.45) is 0 Å². The van der Waals surface area contributed by atoms with Gasteiger partial charge in [0.2, 0.25) is 0 Å². The first-order valence-electron chi connectivity index (χ1n) is 7.74. The Hall–Kier alpha value is -1.70. The van der Waals surface area contributed by atoms with Gasteiger partial charge in [-0.2, -0.15) is 0 Å². The molecule has 0 spiro atoms. The van der Waals surface area contributed by atoms with Crippen LogP contribution in [0.3, 0.4) is 0 Å². The highest BCUT2D eigenvalue weighted by atomic mass is 35.5. The van der Waals surface area contributed by atoms with Gasteiger partial charge in [0.05, 0.1) is 4.75 Å². The third-order valence-corrected chi connectivity index (χ3v) is 5.90. The van der Waals surface area contributed by atoms with Crippen molar-refractivity contribution in [1.82, 2.24) is 0 Å². The normalized spacial score (nSPS) is 11.3. The first-order valence-corrected chi connectivity index (χ1v) is 9.26. The Morgan fingerprint density at radius 3 is 1.26 bits per heavy atom. The molecule has 3 rings (SSSR count). The molecule has 0 aromatic heterocycles. The van der Waals surface area contributed by atoms with Gasteiger partial charge in [-0.1, -0.05) is 91.0 Å². The molecule has 0 bridgehead atoms. The molecule has 3 aromatic carbocycles. The van der Waals surface area contributed by atoms with Gasteiger partial charge in [0.25, 0.3) is 0 Å². The van der Waals surface area contributed by atoms with Gasteiger partial charge >= 0.3 is 0 Å². The van der Waals surface area contributed by atoms with Crippen LogP contribution in [0.1, 0.15) is 16.7 Å². The molecule has 0 aliphatic rings. The maximum atomic E-state index is 6.05. The van der Waals surface area contributed by atoms with Crippen molar-refractivity contribution in [1.29, 1.82) is 0 Å². The molecule has 0 saturated carbocycles. The largest absolute Gasteiger partial charge is 0.139 e. The smallest absolute Gasteiger partial charge is 0.0907 e. The minimum atomic E-state index is -0.237. The second-order valence-corrected chi connectivity index (χ2v) is 7.00. The fourth-order valence-corrected chi connectivity index (χ4v) is 4.48. The average molecular weight is 339 g/mol. The maximum absolute atomic E-state index is 6.05. The summed E-state index contributed by atoms with van der Waals surface area (Å²) in [7, 11) is 0. The van der Waals surface area contributed by atoms with Gasteiger partial charge in [-0.3, -0.25) is 0 Å². The van der Waals surface area contributed by atoms with Crippen LogP contribution in [0.5, 0.6) is 0 Å². The van der Waals surface area contributed by atoms with Crippen molar-refractivity contribution < 1.29 is 0 Å². The first kappa shape index (κ1) is 16.2. The van der Waals surface area contributed by atoms with E-state index >= 15 is 0 Å². The maximum Gasteiger partial charge on any atom is 0.0907 e. The van der Waals surface area contributed by atoms with Gasteiger partial charge in [-0.25, -0.2) is 0 Å². The minimum absolute atomic E-state index is 0.237. The van der Waals surface area contributed by atoms with E-state index < -0.39 is 0 Å². The second kappa shape index (κ2) is 7.72. The number of rotatable bonds is 6. The summed E-state index contributed by atoms with van der Waals surface area (Å²) in [6, 6.07) is 32.1. The summed E-state index contributed by atoms with van der Waals surface area (Å²) >= 11 is 7.95. The zero-order valence-electron chi connectivity index (χ0n) is 12.9. The molecular formula is C21H19ClS. The Morgan fingerprint density at radius 2 is 0.957 bits per heavy atom. The molecule has 0 aliphatic heterocycles. The highest BCUT2D eigenvalue weighted by molar-refractivity contribution is 8.00. The van der Waals surface area contributed by atoms with Crippen molar-refractivity contribution >= 4 is 23.4 Å². The number of thioether (sulfide) groups is 1. The molecule has 116 valence electrons. The van der Waals surface area contributed by atoms with Gasteiger partial charge in [0, 0.05) is 11.6 Å². The Bertz CT molecular complexity index is 614. The topological polar surface area (TPSA) is 0 Å². The Labute approximate surface area is 147 Å². The van der Waals surface area contributed by atoms with Crippen LogP contribution < -0.4 is 0 Å². The highest BCUT2D eigenvalue weighted by Gasteiger charge is 2.36. The van der Waals surface area contributed by atoms with E-state index in [9.17, 15) is 0 Å². The van der Waals surface area contributed by atoms with Crippen molar-refractivity contribution in [3.63, 3.8) is 0 Å². The van der Waals surface area contributed by atoms with E-state index in [4.69, 9.17) is 11.6 Å². The fraction of sp³-hybridized carbons (Fsp3) is 0.143. The average Bonchev–Trinajstić information content (AvgIpc) is 2.65. The molecular weight excluding hydrogens is 320 g/mol. The Kier molecular flexibility index (Phi) is 5.43. The summed E-state index contributed by atoms with van der Waals surface area (Å²) in [4.78, 5) is 0. The van der Waals surface area contributed by atoms with Crippen LogP contribution in [-0.2, 0) is 4.75 Å². The summed E-state index contributed by atoms with van der Waals surface area (Å²) in [6.45, 7) is 0. The minimum Gasteiger partial charge on any atom is -0.139 e. The molecule has 0 nitrogen and oxygen atoms in total. The van der Waals surface area contributed by atoms with Gasteiger partial charge in [-0.15, -0.1) is 23.4 Å². The molecule has 0 fully saturated rings. The number of halogens is 1. The quantitative estimate of drug-likeness (QED) is 0.395. The van der Waals surface area contributed by atoms with E-state index in [1.165, 1.54) is 16.7 Å². The molecule has 0 saturated heterocycles. The SMILES string of the molecule is ClCCSC(c1ccccc1)(c1ccccc1)c1ccccc1. The predicted molar refractivity (Wildman–Crippen MR) is 102 cm³/mol. The number of benzene rings is 3. The van der Waals surface area contributed by atoms with Gasteiger partial charge in [0.15, 0.2) is 0 Å². The fourth-order valence-electron chi connectivity index (χ4n) is 2.96. The second-order valence-electron chi connectivity index (χ2n) is 5.32. The standard InChI is InChI=1S/C21H19ClS/c22-16-17-23-21(18-10-4-1-5-11-18,19-12-6-2-7-13-19)20-14-8-3-9-15-20/h1-15H,16-17H2. The highest BCUT2D eigenvalue weighted by Crippen LogP contribution is 2.48. The van der Waals surface area contributed by atoms with Gasteiger partial charge in [0.1, 0.15) is 0 Å². The van der Waals surface area contributed by atoms with Gasteiger partial charge in [-0.05, 0) is 16.7 Å². The van der Waals surface area contributed by atoms with Crippen LogP contribution in [0, 0.1) is 0 Å². The lowest BCUT2D eigenvalue weighted by molar-refractivity contribution is 0.895. The molecule has 0 aliphatic carbocycles.